The predicted octanol–water partition coefficient (Wildman–Crippen LogP) is 5.30. The van der Waals surface area contributed by atoms with Crippen molar-refractivity contribution >= 4 is 31.5 Å². The molecule has 0 spiro atoms. The van der Waals surface area contributed by atoms with Crippen LogP contribution in [-0.4, -0.2) is 33.2 Å². The highest BCUT2D eigenvalue weighted by molar-refractivity contribution is 6.74. The number of ether oxygens (including phenoxy) is 1. The average molecular weight is 441 g/mol. The van der Waals surface area contributed by atoms with Crippen LogP contribution in [0.15, 0.2) is 29.4 Å². The predicted molar refractivity (Wildman–Crippen MR) is 118 cm³/mol. The third-order valence-corrected chi connectivity index (χ3v) is 10.3. The molecule has 1 heterocycles. The smallest absolute Gasteiger partial charge is 0.240 e. The van der Waals surface area contributed by atoms with E-state index < -0.39 is 14.1 Å². The molecule has 1 amide bonds. The molecule has 0 radical (unpaired) electrons. The first kappa shape index (κ1) is 23.6. The Morgan fingerprint density at radius 2 is 1.97 bits per heavy atom. The largest absolute Gasteiger partial charge is 0.488 e. The molecule has 0 fully saturated rings. The normalized spacial score (nSPS) is 18.0. The van der Waals surface area contributed by atoms with Crippen molar-refractivity contribution in [1.29, 1.82) is 0 Å². The molecule has 5 nitrogen and oxygen atoms in total. The fraction of sp³-hybridized carbons (Fsp3) is 0.524. The minimum absolute atomic E-state index is 0.0970. The monoisotopic (exact) mass is 440 g/mol. The van der Waals surface area contributed by atoms with E-state index in [4.69, 9.17) is 20.8 Å². The van der Waals surface area contributed by atoms with Crippen molar-refractivity contribution in [2.45, 2.75) is 52.2 Å². The number of amides is 1. The lowest BCUT2D eigenvalue weighted by molar-refractivity contribution is -0.121. The molecule has 1 atom stereocenters. The zero-order chi connectivity index (χ0) is 21.8. The number of benzene rings is 1. The van der Waals surface area contributed by atoms with Gasteiger partial charge in [-0.1, -0.05) is 45.4 Å². The SMILES string of the molecule is CC1CC(=O)NN=C1c1ccc(OC/C=C/CO[Si](C)(C)C(C)(C)C)c(Cl)c1F. The molecule has 1 aliphatic rings. The molecule has 0 aliphatic carbocycles. The molecular formula is C21H30ClFN2O3Si. The number of carbonyl (C=O) groups excluding carboxylic acids is 1. The second-order valence-electron chi connectivity index (χ2n) is 8.73. The van der Waals surface area contributed by atoms with Gasteiger partial charge in [-0.2, -0.15) is 5.10 Å². The van der Waals surface area contributed by atoms with Gasteiger partial charge in [0.05, 0.1) is 12.3 Å². The van der Waals surface area contributed by atoms with Crippen molar-refractivity contribution in [1.82, 2.24) is 5.43 Å². The highest BCUT2D eigenvalue weighted by Crippen LogP contribution is 2.36. The van der Waals surface area contributed by atoms with Gasteiger partial charge in [-0.05, 0) is 36.3 Å². The molecule has 2 rings (SSSR count). The average Bonchev–Trinajstić information content (AvgIpc) is 2.61. The lowest BCUT2D eigenvalue weighted by Gasteiger charge is -2.35. The third-order valence-electron chi connectivity index (χ3n) is 5.43. The number of rotatable bonds is 7. The molecule has 29 heavy (non-hydrogen) atoms. The summed E-state index contributed by atoms with van der Waals surface area (Å²) in [4.78, 5) is 11.4. The van der Waals surface area contributed by atoms with E-state index in [9.17, 15) is 9.18 Å². The number of nitrogens with zero attached hydrogens (tertiary/aromatic N) is 1. The Kier molecular flexibility index (Phi) is 7.65. The lowest BCUT2D eigenvalue weighted by atomic mass is 9.94. The fourth-order valence-corrected chi connectivity index (χ4v) is 3.73. The summed E-state index contributed by atoms with van der Waals surface area (Å²) in [5.74, 6) is -0.714. The minimum Gasteiger partial charge on any atom is -0.488 e. The molecule has 0 saturated heterocycles. The molecule has 0 bridgehead atoms. The highest BCUT2D eigenvalue weighted by atomic mass is 35.5. The zero-order valence-corrected chi connectivity index (χ0v) is 19.7. The van der Waals surface area contributed by atoms with Crippen LogP contribution in [0.4, 0.5) is 4.39 Å². The summed E-state index contributed by atoms with van der Waals surface area (Å²) in [6.45, 7) is 13.6. The molecule has 1 aromatic carbocycles. The number of halogens is 2. The van der Waals surface area contributed by atoms with E-state index in [0.717, 1.165) is 0 Å². The number of nitrogens with one attached hydrogen (secondary N) is 1. The highest BCUT2D eigenvalue weighted by Gasteiger charge is 2.36. The van der Waals surface area contributed by atoms with Gasteiger partial charge in [0.1, 0.15) is 17.4 Å². The Labute approximate surface area is 178 Å². The minimum atomic E-state index is -1.78. The first-order valence-electron chi connectivity index (χ1n) is 9.70. The van der Waals surface area contributed by atoms with Gasteiger partial charge in [0.2, 0.25) is 5.91 Å². The van der Waals surface area contributed by atoms with Gasteiger partial charge in [0.25, 0.3) is 0 Å². The van der Waals surface area contributed by atoms with E-state index >= 15 is 0 Å². The van der Waals surface area contributed by atoms with Gasteiger partial charge in [-0.25, -0.2) is 9.82 Å². The van der Waals surface area contributed by atoms with Crippen LogP contribution in [-0.2, 0) is 9.22 Å². The van der Waals surface area contributed by atoms with Crippen LogP contribution in [0, 0.1) is 11.7 Å². The van der Waals surface area contributed by atoms with E-state index in [1.165, 1.54) is 0 Å². The standard InChI is InChI=1S/C21H30ClFN2O3Si/c1-14-13-17(26)24-25-20(14)15-9-10-16(18(22)19(15)23)27-11-7-8-12-28-29(5,6)21(2,3)4/h7-10,14H,11-13H2,1-6H3,(H,24,26)/b8-7+. The maximum Gasteiger partial charge on any atom is 0.240 e. The summed E-state index contributed by atoms with van der Waals surface area (Å²) >= 11 is 6.16. The van der Waals surface area contributed by atoms with Crippen molar-refractivity contribution < 1.29 is 18.3 Å². The second-order valence-corrected chi connectivity index (χ2v) is 13.9. The Morgan fingerprint density at radius 1 is 1.31 bits per heavy atom. The molecule has 1 aliphatic heterocycles. The Hall–Kier alpha value is -1.70. The quantitative estimate of drug-likeness (QED) is 0.462. The third kappa shape index (κ3) is 5.90. The number of hydrogen-bond donors (Lipinski definition) is 1. The summed E-state index contributed by atoms with van der Waals surface area (Å²) in [6, 6.07) is 3.19. The van der Waals surface area contributed by atoms with Crippen LogP contribution in [0.3, 0.4) is 0 Å². The van der Waals surface area contributed by atoms with Gasteiger partial charge in [0, 0.05) is 17.9 Å². The molecule has 8 heteroatoms. The summed E-state index contributed by atoms with van der Waals surface area (Å²) in [5, 5.41) is 4.04. The van der Waals surface area contributed by atoms with Gasteiger partial charge in [-0.15, -0.1) is 0 Å². The maximum absolute atomic E-state index is 14.8. The van der Waals surface area contributed by atoms with Crippen molar-refractivity contribution in [2.75, 3.05) is 13.2 Å². The number of hydrazone groups is 1. The first-order valence-corrected chi connectivity index (χ1v) is 13.0. The molecule has 160 valence electrons. The Bertz CT molecular complexity index is 819. The van der Waals surface area contributed by atoms with E-state index in [1.54, 1.807) is 12.1 Å². The van der Waals surface area contributed by atoms with Gasteiger partial charge < -0.3 is 9.16 Å². The van der Waals surface area contributed by atoms with Crippen LogP contribution < -0.4 is 10.2 Å². The van der Waals surface area contributed by atoms with Gasteiger partial charge in [-0.3, -0.25) is 4.79 Å². The van der Waals surface area contributed by atoms with Crippen LogP contribution >= 0.6 is 11.6 Å². The molecule has 1 aromatic rings. The number of hydrogen-bond acceptors (Lipinski definition) is 4. The summed E-state index contributed by atoms with van der Waals surface area (Å²) in [6.07, 6.45) is 3.99. The molecule has 1 N–H and O–H groups in total. The summed E-state index contributed by atoms with van der Waals surface area (Å²) in [5.41, 5.74) is 3.13. The number of carbonyl (C=O) groups is 1. The van der Waals surface area contributed by atoms with Crippen molar-refractivity contribution in [3.63, 3.8) is 0 Å². The maximum atomic E-state index is 14.8. The van der Waals surface area contributed by atoms with Crippen molar-refractivity contribution in [3.05, 3.63) is 40.7 Å². The van der Waals surface area contributed by atoms with E-state index in [2.05, 4.69) is 44.4 Å². The summed E-state index contributed by atoms with van der Waals surface area (Å²) < 4.78 is 26.4. The van der Waals surface area contributed by atoms with Crippen LogP contribution in [0.2, 0.25) is 23.2 Å². The molecule has 0 saturated carbocycles. The Morgan fingerprint density at radius 3 is 2.59 bits per heavy atom. The van der Waals surface area contributed by atoms with E-state index in [1.807, 2.05) is 19.1 Å². The van der Waals surface area contributed by atoms with E-state index in [0.29, 0.717) is 12.3 Å². The van der Waals surface area contributed by atoms with Crippen LogP contribution in [0.1, 0.15) is 39.7 Å². The molecule has 1 unspecified atom stereocenters. The lowest BCUT2D eigenvalue weighted by Crippen LogP contribution is -2.40. The Balaban J connectivity index is 1.96. The second kappa shape index (κ2) is 9.41. The summed E-state index contributed by atoms with van der Waals surface area (Å²) in [7, 11) is -1.78. The van der Waals surface area contributed by atoms with Crippen molar-refractivity contribution in [3.8, 4) is 5.75 Å². The first-order chi connectivity index (χ1) is 13.4. The molecular weight excluding hydrogens is 411 g/mol. The van der Waals surface area contributed by atoms with Gasteiger partial charge >= 0.3 is 0 Å². The topological polar surface area (TPSA) is 59.9 Å². The van der Waals surface area contributed by atoms with Gasteiger partial charge in [0.15, 0.2) is 14.1 Å². The fourth-order valence-electron chi connectivity index (χ4n) is 2.57. The van der Waals surface area contributed by atoms with Crippen LogP contribution in [0.5, 0.6) is 5.75 Å². The van der Waals surface area contributed by atoms with Crippen molar-refractivity contribution in [2.24, 2.45) is 11.0 Å². The molecule has 0 aromatic heterocycles. The zero-order valence-electron chi connectivity index (χ0n) is 17.9. The van der Waals surface area contributed by atoms with E-state index in [-0.39, 0.29) is 46.2 Å². The van der Waals surface area contributed by atoms with Crippen LogP contribution in [0.25, 0.3) is 0 Å².